The third-order valence-electron chi connectivity index (χ3n) is 4.97. The molecule has 116 valence electrons. The quantitative estimate of drug-likeness (QED) is 0.521. The summed E-state index contributed by atoms with van der Waals surface area (Å²) in [5.41, 5.74) is 1.02. The van der Waals surface area contributed by atoms with Gasteiger partial charge in [-0.3, -0.25) is 4.55 Å². The molecule has 0 bridgehead atoms. The fourth-order valence-corrected chi connectivity index (χ4v) is 13.7. The van der Waals surface area contributed by atoms with Crippen molar-refractivity contribution in [3.63, 3.8) is 0 Å². The molecule has 0 unspecified atom stereocenters. The van der Waals surface area contributed by atoms with E-state index in [0.29, 0.717) is 17.1 Å². The van der Waals surface area contributed by atoms with Gasteiger partial charge < -0.3 is 0 Å². The summed E-state index contributed by atoms with van der Waals surface area (Å²) in [6.45, 7) is 15.7. The first-order valence-electron chi connectivity index (χ1n) is 7.36. The van der Waals surface area contributed by atoms with Gasteiger partial charge in [0.25, 0.3) is 10.1 Å². The largest absolute Gasteiger partial charge is 0.286 e. The molecule has 0 aromatic heterocycles. The molecule has 1 N–H and O–H groups in total. The first-order chi connectivity index (χ1) is 8.40. The van der Waals surface area contributed by atoms with Crippen molar-refractivity contribution in [2.75, 3.05) is 5.75 Å². The van der Waals surface area contributed by atoms with Crippen LogP contribution >= 0.6 is 0 Å². The Morgan fingerprint density at radius 2 is 1.53 bits per heavy atom. The molecule has 0 aliphatic rings. The van der Waals surface area contributed by atoms with Gasteiger partial charge in [-0.1, -0.05) is 72.4 Å². The number of hydrogen-bond donors (Lipinski definition) is 1. The van der Waals surface area contributed by atoms with Crippen LogP contribution in [0.15, 0.2) is 0 Å². The maximum absolute atomic E-state index is 11.2. The maximum atomic E-state index is 11.2. The Labute approximate surface area is 120 Å². The van der Waals surface area contributed by atoms with Gasteiger partial charge in [-0.2, -0.15) is 8.42 Å². The molecule has 0 aliphatic carbocycles. The highest BCUT2D eigenvalue weighted by Gasteiger charge is 2.50. The van der Waals surface area contributed by atoms with Gasteiger partial charge in [-0.05, 0) is 11.1 Å². The van der Waals surface area contributed by atoms with Crippen LogP contribution in [0.5, 0.6) is 0 Å². The molecule has 0 spiro atoms. The minimum Gasteiger partial charge on any atom is -0.286 e. The van der Waals surface area contributed by atoms with Crippen LogP contribution < -0.4 is 0 Å². The Kier molecular flexibility index (Phi) is 6.77. The lowest BCUT2D eigenvalue weighted by Crippen LogP contribution is -2.51. The second-order valence-corrected chi connectivity index (χ2v) is 14.8. The Morgan fingerprint density at radius 3 is 1.79 bits per heavy atom. The molecular weight excluding hydrogens is 276 g/mol. The zero-order chi connectivity index (χ0) is 15.5. The summed E-state index contributed by atoms with van der Waals surface area (Å²) in [6.07, 6.45) is 2.24. The van der Waals surface area contributed by atoms with E-state index in [-0.39, 0.29) is 10.8 Å². The fraction of sp³-hybridized carbons (Fsp3) is 1.00. The normalized spacial score (nSPS) is 14.4. The van der Waals surface area contributed by atoms with Gasteiger partial charge in [0.15, 0.2) is 0 Å². The number of hydrogen-bond acceptors (Lipinski definition) is 2. The van der Waals surface area contributed by atoms with Crippen LogP contribution in [-0.2, 0) is 10.1 Å². The summed E-state index contributed by atoms with van der Waals surface area (Å²) in [6, 6.07) is 0.661. The molecule has 5 heteroatoms. The van der Waals surface area contributed by atoms with Gasteiger partial charge in [0.05, 0.1) is 13.8 Å². The smallest absolute Gasteiger partial charge is 0.264 e. The Bertz CT molecular complexity index is 364. The predicted molar refractivity (Wildman–Crippen MR) is 86.1 cm³/mol. The van der Waals surface area contributed by atoms with Crippen LogP contribution in [0, 0.1) is 0 Å². The van der Waals surface area contributed by atoms with E-state index in [1.54, 1.807) is 0 Å². The number of rotatable bonds is 8. The molecule has 0 amide bonds. The molecule has 0 aliphatic heterocycles. The van der Waals surface area contributed by atoms with E-state index < -0.39 is 18.2 Å². The summed E-state index contributed by atoms with van der Waals surface area (Å²) in [7, 11) is -5.71. The molecular formula is C14H32O3SSi. The molecule has 3 nitrogen and oxygen atoms in total. The maximum Gasteiger partial charge on any atom is 0.264 e. The lowest BCUT2D eigenvalue weighted by atomic mass is 10.1. The minimum absolute atomic E-state index is 0.0806. The van der Waals surface area contributed by atoms with E-state index in [1.165, 1.54) is 0 Å². The Hall–Kier alpha value is 0.127. The van der Waals surface area contributed by atoms with Gasteiger partial charge in [0.1, 0.15) is 0 Å². The van der Waals surface area contributed by atoms with Crippen LogP contribution in [0.1, 0.15) is 61.3 Å². The third-order valence-corrected chi connectivity index (χ3v) is 14.0. The predicted octanol–water partition coefficient (Wildman–Crippen LogP) is 4.72. The summed E-state index contributed by atoms with van der Waals surface area (Å²) >= 11 is 0. The summed E-state index contributed by atoms with van der Waals surface area (Å²) in [5.74, 6) is -0.0806. The van der Waals surface area contributed by atoms with Crippen molar-refractivity contribution in [2.24, 2.45) is 0 Å². The minimum atomic E-state index is -3.86. The van der Waals surface area contributed by atoms with Crippen LogP contribution in [0.4, 0.5) is 0 Å². The first-order valence-corrected chi connectivity index (χ1v) is 11.3. The molecule has 0 aromatic rings. The van der Waals surface area contributed by atoms with Crippen LogP contribution in [0.3, 0.4) is 0 Å². The molecule has 0 rings (SSSR count). The van der Waals surface area contributed by atoms with E-state index in [9.17, 15) is 8.42 Å². The van der Waals surface area contributed by atoms with Gasteiger partial charge in [-0.15, -0.1) is 0 Å². The van der Waals surface area contributed by atoms with Crippen molar-refractivity contribution in [3.05, 3.63) is 0 Å². The topological polar surface area (TPSA) is 54.4 Å². The standard InChI is InChI=1S/C14H32O3SSi/c1-8-9-14(6,7)19(12(2)3,13(4)5)11-10-18(15,16)17/h12-13H,8-11H2,1-7H3,(H,15,16,17). The van der Waals surface area contributed by atoms with E-state index in [2.05, 4.69) is 48.5 Å². The summed E-state index contributed by atoms with van der Waals surface area (Å²) < 4.78 is 31.5. The van der Waals surface area contributed by atoms with Crippen molar-refractivity contribution < 1.29 is 13.0 Å². The summed E-state index contributed by atoms with van der Waals surface area (Å²) in [5, 5.41) is 0.189. The van der Waals surface area contributed by atoms with Gasteiger partial charge >= 0.3 is 0 Å². The van der Waals surface area contributed by atoms with Gasteiger partial charge in [-0.25, -0.2) is 0 Å². The van der Waals surface area contributed by atoms with Crippen molar-refractivity contribution in [2.45, 2.75) is 83.5 Å². The zero-order valence-corrected chi connectivity index (χ0v) is 15.5. The van der Waals surface area contributed by atoms with E-state index >= 15 is 0 Å². The molecule has 0 heterocycles. The van der Waals surface area contributed by atoms with Crippen molar-refractivity contribution in [3.8, 4) is 0 Å². The highest BCUT2D eigenvalue weighted by atomic mass is 32.2. The Balaban J connectivity index is 5.56. The molecule has 0 saturated heterocycles. The molecule has 0 aromatic carbocycles. The van der Waals surface area contributed by atoms with Crippen molar-refractivity contribution in [1.29, 1.82) is 0 Å². The molecule has 0 radical (unpaired) electrons. The van der Waals surface area contributed by atoms with Gasteiger partial charge in [0.2, 0.25) is 0 Å². The van der Waals surface area contributed by atoms with Crippen molar-refractivity contribution in [1.82, 2.24) is 0 Å². The molecule has 0 saturated carbocycles. The highest BCUT2D eigenvalue weighted by molar-refractivity contribution is 7.85. The molecule has 19 heavy (non-hydrogen) atoms. The highest BCUT2D eigenvalue weighted by Crippen LogP contribution is 2.55. The third kappa shape index (κ3) is 4.57. The van der Waals surface area contributed by atoms with E-state index in [1.807, 2.05) is 0 Å². The van der Waals surface area contributed by atoms with E-state index in [0.717, 1.165) is 12.8 Å². The second kappa shape index (κ2) is 6.72. The average Bonchev–Trinajstić information content (AvgIpc) is 2.14. The lowest BCUT2D eigenvalue weighted by molar-refractivity contribution is 0.483. The average molecular weight is 309 g/mol. The van der Waals surface area contributed by atoms with Crippen LogP contribution in [0.25, 0.3) is 0 Å². The van der Waals surface area contributed by atoms with Crippen LogP contribution in [-0.4, -0.2) is 26.8 Å². The first kappa shape index (κ1) is 19.1. The lowest BCUT2D eigenvalue weighted by Gasteiger charge is -2.51. The monoisotopic (exact) mass is 308 g/mol. The molecule has 0 fully saturated rings. The molecule has 0 atom stereocenters. The van der Waals surface area contributed by atoms with Crippen LogP contribution in [0.2, 0.25) is 22.2 Å². The fourth-order valence-electron chi connectivity index (χ4n) is 4.30. The van der Waals surface area contributed by atoms with E-state index in [4.69, 9.17) is 4.55 Å². The summed E-state index contributed by atoms with van der Waals surface area (Å²) in [4.78, 5) is 0. The SMILES string of the molecule is CCCC(C)(C)[Si](CCS(=O)(=O)O)(C(C)C)C(C)C. The second-order valence-electron chi connectivity index (χ2n) is 7.02. The zero-order valence-electron chi connectivity index (χ0n) is 13.7. The Morgan fingerprint density at radius 1 is 1.11 bits per heavy atom. The van der Waals surface area contributed by atoms with Crippen molar-refractivity contribution >= 4 is 18.2 Å². The van der Waals surface area contributed by atoms with Gasteiger partial charge in [0, 0.05) is 0 Å².